The number of hydrogen-bond donors (Lipinski definition) is 0. The second-order valence-electron chi connectivity index (χ2n) is 3.26. The molecular weight excluding hydrogens is 312 g/mol. The zero-order valence-corrected chi connectivity index (χ0v) is 11.0. The van der Waals surface area contributed by atoms with Crippen LogP contribution in [0.25, 0.3) is 10.9 Å². The van der Waals surface area contributed by atoms with E-state index in [1.54, 1.807) is 0 Å². The minimum absolute atomic E-state index is 0.110. The van der Waals surface area contributed by atoms with Gasteiger partial charge in [-0.15, -0.1) is 0 Å². The van der Waals surface area contributed by atoms with Crippen LogP contribution in [-0.4, -0.2) is 18.1 Å². The quantitative estimate of drug-likeness (QED) is 0.755. The van der Waals surface area contributed by atoms with Crippen molar-refractivity contribution in [1.82, 2.24) is 4.98 Å². The van der Waals surface area contributed by atoms with Gasteiger partial charge < -0.3 is 4.74 Å². The number of pyridine rings is 1. The van der Waals surface area contributed by atoms with Crippen LogP contribution < -0.4 is 0 Å². The van der Waals surface area contributed by atoms with Crippen LogP contribution in [0, 0.1) is 5.82 Å². The van der Waals surface area contributed by atoms with Gasteiger partial charge in [0.25, 0.3) is 0 Å². The molecule has 0 bridgehead atoms. The molecule has 3 nitrogen and oxygen atoms in total. The van der Waals surface area contributed by atoms with Crippen molar-refractivity contribution in [2.75, 3.05) is 7.11 Å². The molecule has 0 saturated carbocycles. The van der Waals surface area contributed by atoms with E-state index < -0.39 is 11.8 Å². The maximum absolute atomic E-state index is 13.3. The Hall–Kier alpha value is -1.20. The molecule has 88 valence electrons. The average molecular weight is 319 g/mol. The Balaban J connectivity index is 2.79. The first-order chi connectivity index (χ1) is 8.04. The molecule has 17 heavy (non-hydrogen) atoms. The van der Waals surface area contributed by atoms with E-state index in [1.807, 2.05) is 0 Å². The number of carbonyl (C=O) groups is 1. The molecule has 1 aromatic heterocycles. The van der Waals surface area contributed by atoms with E-state index in [2.05, 4.69) is 25.7 Å². The van der Waals surface area contributed by atoms with Gasteiger partial charge in [0.15, 0.2) is 0 Å². The van der Waals surface area contributed by atoms with Gasteiger partial charge in [0.2, 0.25) is 0 Å². The first kappa shape index (κ1) is 12.3. The van der Waals surface area contributed by atoms with Gasteiger partial charge in [0, 0.05) is 16.1 Å². The maximum Gasteiger partial charge on any atom is 0.340 e. The van der Waals surface area contributed by atoms with Crippen LogP contribution in [-0.2, 0) is 4.74 Å². The van der Waals surface area contributed by atoms with Crippen LogP contribution >= 0.6 is 27.5 Å². The van der Waals surface area contributed by atoms with Gasteiger partial charge in [0.05, 0.1) is 23.2 Å². The summed E-state index contributed by atoms with van der Waals surface area (Å²) in [7, 11) is 1.24. The van der Waals surface area contributed by atoms with Crippen LogP contribution in [0.5, 0.6) is 0 Å². The number of ether oxygens (including phenoxy) is 1. The molecule has 0 N–H and O–H groups in total. The molecule has 0 aliphatic rings. The first-order valence-corrected chi connectivity index (χ1v) is 5.73. The van der Waals surface area contributed by atoms with Crippen LogP contribution in [0.1, 0.15) is 10.4 Å². The van der Waals surface area contributed by atoms with Gasteiger partial charge in [-0.3, -0.25) is 4.98 Å². The fourth-order valence-electron chi connectivity index (χ4n) is 1.45. The molecule has 0 saturated heterocycles. The Kier molecular flexibility index (Phi) is 3.31. The molecule has 0 aliphatic carbocycles. The van der Waals surface area contributed by atoms with E-state index in [-0.39, 0.29) is 10.6 Å². The highest BCUT2D eigenvalue weighted by Crippen LogP contribution is 2.31. The fraction of sp³-hybridized carbons (Fsp3) is 0.0909. The molecule has 0 atom stereocenters. The predicted molar refractivity (Wildman–Crippen MR) is 65.8 cm³/mol. The lowest BCUT2D eigenvalue weighted by molar-refractivity contribution is 0.0600. The number of halogens is 3. The topological polar surface area (TPSA) is 39.2 Å². The summed E-state index contributed by atoms with van der Waals surface area (Å²) in [4.78, 5) is 15.4. The minimum atomic E-state index is -0.607. The van der Waals surface area contributed by atoms with Gasteiger partial charge in [-0.25, -0.2) is 9.18 Å². The number of methoxy groups -OCH3 is 1. The van der Waals surface area contributed by atoms with Gasteiger partial charge in [-0.05, 0) is 28.1 Å². The van der Waals surface area contributed by atoms with Crippen molar-refractivity contribution in [3.05, 3.63) is 39.2 Å². The molecule has 0 fully saturated rings. The number of aromatic nitrogens is 1. The third-order valence-corrected chi connectivity index (χ3v) is 3.24. The van der Waals surface area contributed by atoms with Crippen LogP contribution in [0.4, 0.5) is 4.39 Å². The number of fused-ring (bicyclic) bond motifs is 1. The molecule has 0 unspecified atom stereocenters. The number of rotatable bonds is 1. The maximum atomic E-state index is 13.3. The standard InChI is InChI=1S/C11H6BrClFNO2/c1-17-11(16)7-4-15-10-6(9(7)13)2-5(14)3-8(10)12/h2-4H,1H3. The zero-order chi connectivity index (χ0) is 12.6. The van der Waals surface area contributed by atoms with Gasteiger partial charge in [-0.2, -0.15) is 0 Å². The van der Waals surface area contributed by atoms with E-state index in [4.69, 9.17) is 11.6 Å². The van der Waals surface area contributed by atoms with E-state index in [0.717, 1.165) is 0 Å². The van der Waals surface area contributed by atoms with Crippen molar-refractivity contribution in [2.45, 2.75) is 0 Å². The van der Waals surface area contributed by atoms with Crippen molar-refractivity contribution in [2.24, 2.45) is 0 Å². The second kappa shape index (κ2) is 4.58. The highest BCUT2D eigenvalue weighted by atomic mass is 79.9. The summed E-state index contributed by atoms with van der Waals surface area (Å²) >= 11 is 9.21. The Labute approximate surface area is 110 Å². The lowest BCUT2D eigenvalue weighted by Gasteiger charge is -2.06. The van der Waals surface area contributed by atoms with E-state index >= 15 is 0 Å². The first-order valence-electron chi connectivity index (χ1n) is 4.56. The third kappa shape index (κ3) is 2.12. The summed E-state index contributed by atoms with van der Waals surface area (Å²) in [5.41, 5.74) is 0.600. The highest BCUT2D eigenvalue weighted by molar-refractivity contribution is 9.10. The molecule has 6 heteroatoms. The molecule has 2 aromatic rings. The largest absolute Gasteiger partial charge is 0.465 e. The van der Waals surface area contributed by atoms with Crippen molar-refractivity contribution in [3.8, 4) is 0 Å². The van der Waals surface area contributed by atoms with E-state index in [0.29, 0.717) is 15.4 Å². The van der Waals surface area contributed by atoms with Crippen molar-refractivity contribution < 1.29 is 13.9 Å². The summed E-state index contributed by atoms with van der Waals surface area (Å²) in [6, 6.07) is 2.51. The van der Waals surface area contributed by atoms with E-state index in [1.165, 1.54) is 25.4 Å². The van der Waals surface area contributed by atoms with Crippen molar-refractivity contribution in [1.29, 1.82) is 0 Å². The van der Waals surface area contributed by atoms with Gasteiger partial charge >= 0.3 is 5.97 Å². The van der Waals surface area contributed by atoms with Crippen molar-refractivity contribution >= 4 is 44.4 Å². The molecular formula is C11H6BrClFNO2. The number of benzene rings is 1. The number of hydrogen-bond acceptors (Lipinski definition) is 3. The monoisotopic (exact) mass is 317 g/mol. The number of carbonyl (C=O) groups excluding carboxylic acids is 1. The minimum Gasteiger partial charge on any atom is -0.465 e. The van der Waals surface area contributed by atoms with Crippen molar-refractivity contribution in [3.63, 3.8) is 0 Å². The molecule has 0 radical (unpaired) electrons. The fourth-order valence-corrected chi connectivity index (χ4v) is 2.25. The smallest absolute Gasteiger partial charge is 0.340 e. The normalized spacial score (nSPS) is 10.6. The molecule has 1 heterocycles. The van der Waals surface area contributed by atoms with Gasteiger partial charge in [0.1, 0.15) is 5.82 Å². The summed E-state index contributed by atoms with van der Waals surface area (Å²) in [6.07, 6.45) is 1.30. The number of nitrogens with zero attached hydrogens (tertiary/aromatic N) is 1. The lowest BCUT2D eigenvalue weighted by atomic mass is 10.1. The SMILES string of the molecule is COC(=O)c1cnc2c(Br)cc(F)cc2c1Cl. The van der Waals surface area contributed by atoms with Crippen LogP contribution in [0.3, 0.4) is 0 Å². The summed E-state index contributed by atoms with van der Waals surface area (Å²) in [5, 5.41) is 0.489. The highest BCUT2D eigenvalue weighted by Gasteiger charge is 2.16. The van der Waals surface area contributed by atoms with Crippen LogP contribution in [0.2, 0.25) is 5.02 Å². The Morgan fingerprint density at radius 2 is 2.24 bits per heavy atom. The number of esters is 1. The lowest BCUT2D eigenvalue weighted by Crippen LogP contribution is -2.03. The molecule has 0 amide bonds. The molecule has 1 aromatic carbocycles. The van der Waals surface area contributed by atoms with E-state index in [9.17, 15) is 9.18 Å². The summed E-state index contributed by atoms with van der Waals surface area (Å²) < 4.78 is 18.3. The summed E-state index contributed by atoms with van der Waals surface area (Å²) in [5.74, 6) is -1.07. The van der Waals surface area contributed by atoms with Crippen LogP contribution in [0.15, 0.2) is 22.8 Å². The second-order valence-corrected chi connectivity index (χ2v) is 4.49. The average Bonchev–Trinajstić information content (AvgIpc) is 2.29. The molecule has 0 spiro atoms. The Bertz CT molecular complexity index is 618. The van der Waals surface area contributed by atoms with Gasteiger partial charge in [-0.1, -0.05) is 11.6 Å². The third-order valence-electron chi connectivity index (χ3n) is 2.23. The predicted octanol–water partition coefficient (Wildman–Crippen LogP) is 3.58. The Morgan fingerprint density at radius 1 is 1.53 bits per heavy atom. The zero-order valence-electron chi connectivity index (χ0n) is 8.63. The molecule has 0 aliphatic heterocycles. The molecule has 2 rings (SSSR count). The summed E-state index contributed by atoms with van der Waals surface area (Å²) in [6.45, 7) is 0. The Morgan fingerprint density at radius 3 is 2.88 bits per heavy atom.